The van der Waals surface area contributed by atoms with Crippen LogP contribution in [0.1, 0.15) is 38.1 Å². The van der Waals surface area contributed by atoms with E-state index in [2.05, 4.69) is 15.5 Å². The molecule has 0 aromatic carbocycles. The molecular formula is C13H15N5O5. The number of esters is 1. The number of nitrogens with zero attached hydrogens (tertiary/aromatic N) is 4. The first kappa shape index (κ1) is 16.2. The van der Waals surface area contributed by atoms with E-state index in [4.69, 9.17) is 9.84 Å². The van der Waals surface area contributed by atoms with Crippen molar-refractivity contribution in [2.24, 2.45) is 14.1 Å². The number of ether oxygens (including phenoxy) is 1. The summed E-state index contributed by atoms with van der Waals surface area (Å²) >= 11 is 0. The van der Waals surface area contributed by atoms with Crippen LogP contribution in [-0.2, 0) is 18.8 Å². The molecule has 0 aliphatic heterocycles. The number of amides is 1. The number of anilines is 1. The van der Waals surface area contributed by atoms with Gasteiger partial charge < -0.3 is 15.2 Å². The van der Waals surface area contributed by atoms with E-state index < -0.39 is 17.8 Å². The molecule has 0 aliphatic carbocycles. The number of hydrogen-bond donors (Lipinski definition) is 2. The molecule has 23 heavy (non-hydrogen) atoms. The Balaban J connectivity index is 2.33. The van der Waals surface area contributed by atoms with E-state index in [-0.39, 0.29) is 29.2 Å². The van der Waals surface area contributed by atoms with Crippen molar-refractivity contribution in [3.63, 3.8) is 0 Å². The van der Waals surface area contributed by atoms with E-state index in [1.54, 1.807) is 6.92 Å². The molecule has 2 aromatic heterocycles. The zero-order chi connectivity index (χ0) is 17.1. The number of carbonyl (C=O) groups is 3. The fourth-order valence-corrected chi connectivity index (χ4v) is 1.93. The van der Waals surface area contributed by atoms with Crippen LogP contribution < -0.4 is 5.32 Å². The van der Waals surface area contributed by atoms with Crippen molar-refractivity contribution in [2.75, 3.05) is 11.9 Å². The molecule has 1 amide bonds. The topological polar surface area (TPSA) is 128 Å². The van der Waals surface area contributed by atoms with Gasteiger partial charge in [0.15, 0.2) is 5.69 Å². The van der Waals surface area contributed by atoms with E-state index in [0.29, 0.717) is 0 Å². The summed E-state index contributed by atoms with van der Waals surface area (Å²) in [5, 5.41) is 19.1. The van der Waals surface area contributed by atoms with Crippen LogP contribution in [0.4, 0.5) is 5.82 Å². The van der Waals surface area contributed by atoms with E-state index in [1.165, 1.54) is 35.9 Å². The van der Waals surface area contributed by atoms with Crippen LogP contribution in [0.2, 0.25) is 0 Å². The molecule has 2 N–H and O–H groups in total. The molecule has 0 saturated carbocycles. The first-order valence-corrected chi connectivity index (χ1v) is 6.62. The summed E-state index contributed by atoms with van der Waals surface area (Å²) in [4.78, 5) is 35.3. The number of carboxylic acid groups (broad SMARTS) is 1. The molecule has 122 valence electrons. The van der Waals surface area contributed by atoms with Gasteiger partial charge in [0.25, 0.3) is 5.91 Å². The van der Waals surface area contributed by atoms with Crippen LogP contribution in [0.5, 0.6) is 0 Å². The summed E-state index contributed by atoms with van der Waals surface area (Å²) < 4.78 is 7.38. The molecule has 10 heteroatoms. The lowest BCUT2D eigenvalue weighted by Crippen LogP contribution is -2.19. The van der Waals surface area contributed by atoms with Gasteiger partial charge in [-0.15, -0.1) is 0 Å². The van der Waals surface area contributed by atoms with Crippen molar-refractivity contribution < 1.29 is 24.2 Å². The Morgan fingerprint density at radius 3 is 2.61 bits per heavy atom. The fourth-order valence-electron chi connectivity index (χ4n) is 1.93. The maximum absolute atomic E-state index is 12.3. The molecular weight excluding hydrogens is 306 g/mol. The Morgan fingerprint density at radius 2 is 2.00 bits per heavy atom. The zero-order valence-electron chi connectivity index (χ0n) is 12.7. The van der Waals surface area contributed by atoms with E-state index in [9.17, 15) is 14.4 Å². The number of carboxylic acids is 1. The van der Waals surface area contributed by atoms with Crippen LogP contribution in [-0.4, -0.2) is 49.1 Å². The number of rotatable bonds is 5. The molecule has 0 spiro atoms. The van der Waals surface area contributed by atoms with Crippen LogP contribution in [0.15, 0.2) is 12.4 Å². The largest absolute Gasteiger partial charge is 0.476 e. The maximum Gasteiger partial charge on any atom is 0.357 e. The van der Waals surface area contributed by atoms with Gasteiger partial charge in [0.05, 0.1) is 18.4 Å². The summed E-state index contributed by atoms with van der Waals surface area (Å²) in [6.45, 7) is 1.83. The molecule has 2 heterocycles. The van der Waals surface area contributed by atoms with Gasteiger partial charge in [0.1, 0.15) is 11.4 Å². The molecule has 2 rings (SSSR count). The third kappa shape index (κ3) is 3.20. The first-order valence-electron chi connectivity index (χ1n) is 6.62. The number of aromatic nitrogens is 4. The third-order valence-corrected chi connectivity index (χ3v) is 2.94. The van der Waals surface area contributed by atoms with E-state index in [1.807, 2.05) is 0 Å². The van der Waals surface area contributed by atoms with E-state index >= 15 is 0 Å². The van der Waals surface area contributed by atoms with Gasteiger partial charge >= 0.3 is 11.9 Å². The van der Waals surface area contributed by atoms with Gasteiger partial charge in [-0.25, -0.2) is 9.59 Å². The number of carbonyl (C=O) groups excluding carboxylic acids is 2. The lowest BCUT2D eigenvalue weighted by atomic mass is 10.2. The minimum atomic E-state index is -1.33. The Morgan fingerprint density at radius 1 is 1.30 bits per heavy atom. The van der Waals surface area contributed by atoms with Gasteiger partial charge in [-0.3, -0.25) is 14.2 Å². The Labute approximate surface area is 130 Å². The van der Waals surface area contributed by atoms with Gasteiger partial charge in [-0.1, -0.05) is 0 Å². The molecule has 0 radical (unpaired) electrons. The molecule has 0 fully saturated rings. The molecule has 0 aliphatic rings. The number of hydrogen-bond acceptors (Lipinski definition) is 6. The maximum atomic E-state index is 12.3. The van der Waals surface area contributed by atoms with Gasteiger partial charge in [0, 0.05) is 20.3 Å². The van der Waals surface area contributed by atoms with Crippen molar-refractivity contribution in [1.82, 2.24) is 19.6 Å². The van der Waals surface area contributed by atoms with Crippen molar-refractivity contribution in [2.45, 2.75) is 6.92 Å². The van der Waals surface area contributed by atoms with Crippen molar-refractivity contribution >= 4 is 23.7 Å². The fraction of sp³-hybridized carbons (Fsp3) is 0.308. The SMILES string of the molecule is CCOC(=O)c1cnn(C)c1NC(=O)c1cn(C)nc1C(=O)O. The highest BCUT2D eigenvalue weighted by Gasteiger charge is 2.24. The zero-order valence-corrected chi connectivity index (χ0v) is 12.7. The molecule has 0 unspecified atom stereocenters. The predicted octanol–water partition coefficient (Wildman–Crippen LogP) is 0.281. The van der Waals surface area contributed by atoms with Crippen LogP contribution in [0, 0.1) is 0 Å². The van der Waals surface area contributed by atoms with Gasteiger partial charge in [-0.2, -0.15) is 10.2 Å². The lowest BCUT2D eigenvalue weighted by molar-refractivity contribution is 0.0527. The molecule has 0 saturated heterocycles. The van der Waals surface area contributed by atoms with E-state index in [0.717, 1.165) is 0 Å². The molecule has 0 atom stereocenters. The minimum Gasteiger partial charge on any atom is -0.476 e. The summed E-state index contributed by atoms with van der Waals surface area (Å²) in [5.74, 6) is -2.58. The first-order chi connectivity index (χ1) is 10.8. The quantitative estimate of drug-likeness (QED) is 0.757. The summed E-state index contributed by atoms with van der Waals surface area (Å²) in [6.07, 6.45) is 2.54. The predicted molar refractivity (Wildman–Crippen MR) is 77.3 cm³/mol. The highest BCUT2D eigenvalue weighted by molar-refractivity contribution is 6.11. The second-order valence-corrected chi connectivity index (χ2v) is 4.58. The molecule has 2 aromatic rings. The number of aryl methyl sites for hydroxylation is 2. The van der Waals surface area contributed by atoms with Crippen molar-refractivity contribution in [3.05, 3.63) is 29.2 Å². The standard InChI is InChI=1S/C13H15N5O5/c1-4-23-13(22)7-5-14-18(3)10(7)15-11(19)8-6-17(2)16-9(8)12(20)21/h5-6H,4H2,1-3H3,(H,15,19)(H,20,21). The average Bonchev–Trinajstić information content (AvgIpc) is 3.03. The lowest BCUT2D eigenvalue weighted by Gasteiger charge is -2.07. The normalized spacial score (nSPS) is 10.4. The highest BCUT2D eigenvalue weighted by Crippen LogP contribution is 2.17. The summed E-state index contributed by atoms with van der Waals surface area (Å²) in [6, 6.07) is 0. The van der Waals surface area contributed by atoms with Crippen LogP contribution >= 0.6 is 0 Å². The summed E-state index contributed by atoms with van der Waals surface area (Å²) in [7, 11) is 3.02. The van der Waals surface area contributed by atoms with Crippen LogP contribution in [0.3, 0.4) is 0 Å². The van der Waals surface area contributed by atoms with Crippen molar-refractivity contribution in [3.8, 4) is 0 Å². The summed E-state index contributed by atoms with van der Waals surface area (Å²) in [5.41, 5.74) is -0.440. The monoisotopic (exact) mass is 321 g/mol. The Bertz CT molecular complexity index is 776. The van der Waals surface area contributed by atoms with Gasteiger partial charge in [0.2, 0.25) is 0 Å². The third-order valence-electron chi connectivity index (χ3n) is 2.94. The minimum absolute atomic E-state index is 0.0727. The Hall–Kier alpha value is -3.17. The number of aromatic carboxylic acids is 1. The van der Waals surface area contributed by atoms with Crippen molar-refractivity contribution in [1.29, 1.82) is 0 Å². The second-order valence-electron chi connectivity index (χ2n) is 4.58. The molecule has 0 bridgehead atoms. The Kier molecular flexibility index (Phi) is 4.44. The smallest absolute Gasteiger partial charge is 0.357 e. The average molecular weight is 321 g/mol. The van der Waals surface area contributed by atoms with Crippen LogP contribution in [0.25, 0.3) is 0 Å². The molecule has 10 nitrogen and oxygen atoms in total. The number of nitrogens with one attached hydrogen (secondary N) is 1. The van der Waals surface area contributed by atoms with Gasteiger partial charge in [-0.05, 0) is 6.92 Å². The second kappa shape index (κ2) is 6.30. The highest BCUT2D eigenvalue weighted by atomic mass is 16.5.